The molecule has 0 heterocycles. The third-order valence-electron chi connectivity index (χ3n) is 2.61. The first-order valence-corrected chi connectivity index (χ1v) is 6.44. The van der Waals surface area contributed by atoms with Crippen LogP contribution in [0.4, 0.5) is 10.1 Å². The van der Waals surface area contributed by atoms with E-state index in [1.54, 1.807) is 6.07 Å². The molecule has 104 valence electrons. The standard InChI is InChI=1S/C14H11BrFNO3/c1-20-13-7-9(16)3-4-11(13)17-14(19)10-6-8(15)2-5-12(10)18/h2-7,18H,1H3,(H,17,19). The first-order valence-electron chi connectivity index (χ1n) is 5.64. The van der Waals surface area contributed by atoms with Gasteiger partial charge in [0.05, 0.1) is 18.4 Å². The van der Waals surface area contributed by atoms with E-state index in [9.17, 15) is 14.3 Å². The highest BCUT2D eigenvalue weighted by Gasteiger charge is 2.14. The molecule has 20 heavy (non-hydrogen) atoms. The van der Waals surface area contributed by atoms with E-state index in [4.69, 9.17) is 4.74 Å². The summed E-state index contributed by atoms with van der Waals surface area (Å²) in [6.07, 6.45) is 0. The Morgan fingerprint density at radius 2 is 2.05 bits per heavy atom. The summed E-state index contributed by atoms with van der Waals surface area (Å²) in [5, 5.41) is 12.2. The predicted molar refractivity (Wildman–Crippen MR) is 76.7 cm³/mol. The van der Waals surface area contributed by atoms with Crippen molar-refractivity contribution >= 4 is 27.5 Å². The zero-order valence-corrected chi connectivity index (χ0v) is 12.1. The van der Waals surface area contributed by atoms with Crippen LogP contribution in [0.5, 0.6) is 11.5 Å². The summed E-state index contributed by atoms with van der Waals surface area (Å²) >= 11 is 3.22. The van der Waals surface area contributed by atoms with Crippen LogP contribution in [0.2, 0.25) is 0 Å². The van der Waals surface area contributed by atoms with Crippen molar-refractivity contribution in [2.45, 2.75) is 0 Å². The molecular weight excluding hydrogens is 329 g/mol. The molecule has 2 aromatic rings. The molecule has 0 saturated carbocycles. The second-order valence-electron chi connectivity index (χ2n) is 3.96. The number of aromatic hydroxyl groups is 1. The van der Waals surface area contributed by atoms with Gasteiger partial charge in [-0.1, -0.05) is 15.9 Å². The number of carbonyl (C=O) groups is 1. The number of ether oxygens (including phenoxy) is 1. The lowest BCUT2D eigenvalue weighted by atomic mass is 10.2. The lowest BCUT2D eigenvalue weighted by Crippen LogP contribution is -2.13. The Balaban J connectivity index is 2.30. The average molecular weight is 340 g/mol. The summed E-state index contributed by atoms with van der Waals surface area (Å²) in [4.78, 5) is 12.1. The van der Waals surface area contributed by atoms with Crippen molar-refractivity contribution in [3.05, 3.63) is 52.3 Å². The normalized spacial score (nSPS) is 10.2. The number of anilines is 1. The molecule has 0 fully saturated rings. The Kier molecular flexibility index (Phi) is 4.24. The van der Waals surface area contributed by atoms with E-state index in [1.165, 1.54) is 31.4 Å². The molecule has 0 radical (unpaired) electrons. The monoisotopic (exact) mass is 339 g/mol. The van der Waals surface area contributed by atoms with Gasteiger partial charge < -0.3 is 15.2 Å². The van der Waals surface area contributed by atoms with Gasteiger partial charge in [0.2, 0.25) is 0 Å². The summed E-state index contributed by atoms with van der Waals surface area (Å²) in [5.41, 5.74) is 0.420. The summed E-state index contributed by atoms with van der Waals surface area (Å²) < 4.78 is 18.7. The highest BCUT2D eigenvalue weighted by atomic mass is 79.9. The Hall–Kier alpha value is -2.08. The molecule has 2 aromatic carbocycles. The van der Waals surface area contributed by atoms with Crippen LogP contribution in [0.25, 0.3) is 0 Å². The molecule has 0 saturated heterocycles. The van der Waals surface area contributed by atoms with Gasteiger partial charge in [0.25, 0.3) is 5.91 Å². The number of amides is 1. The fraction of sp³-hybridized carbons (Fsp3) is 0.0714. The summed E-state index contributed by atoms with van der Waals surface area (Å²) in [6.45, 7) is 0. The number of phenolic OH excluding ortho intramolecular Hbond substituents is 1. The lowest BCUT2D eigenvalue weighted by Gasteiger charge is -2.11. The van der Waals surface area contributed by atoms with E-state index in [0.717, 1.165) is 6.07 Å². The molecule has 2 N–H and O–H groups in total. The first kappa shape index (κ1) is 14.3. The zero-order valence-electron chi connectivity index (χ0n) is 10.5. The molecular formula is C14H11BrFNO3. The van der Waals surface area contributed by atoms with Gasteiger partial charge >= 0.3 is 0 Å². The molecule has 4 nitrogen and oxygen atoms in total. The second kappa shape index (κ2) is 5.92. The molecule has 0 aromatic heterocycles. The van der Waals surface area contributed by atoms with E-state index in [2.05, 4.69) is 21.2 Å². The van der Waals surface area contributed by atoms with Crippen LogP contribution in [0.3, 0.4) is 0 Å². The summed E-state index contributed by atoms with van der Waals surface area (Å²) in [7, 11) is 1.38. The van der Waals surface area contributed by atoms with Crippen LogP contribution in [0.1, 0.15) is 10.4 Å². The highest BCUT2D eigenvalue weighted by molar-refractivity contribution is 9.10. The van der Waals surface area contributed by atoms with Gasteiger partial charge in [0.15, 0.2) is 0 Å². The van der Waals surface area contributed by atoms with Gasteiger partial charge in [-0.05, 0) is 30.3 Å². The average Bonchev–Trinajstić information content (AvgIpc) is 2.43. The Morgan fingerprint density at radius 1 is 1.30 bits per heavy atom. The largest absolute Gasteiger partial charge is 0.507 e. The van der Waals surface area contributed by atoms with E-state index >= 15 is 0 Å². The topological polar surface area (TPSA) is 58.6 Å². The third kappa shape index (κ3) is 3.08. The minimum atomic E-state index is -0.520. The van der Waals surface area contributed by atoms with E-state index in [-0.39, 0.29) is 17.1 Å². The van der Waals surface area contributed by atoms with E-state index < -0.39 is 11.7 Å². The van der Waals surface area contributed by atoms with Crippen molar-refractivity contribution in [2.24, 2.45) is 0 Å². The van der Waals surface area contributed by atoms with Gasteiger partial charge in [-0.25, -0.2) is 4.39 Å². The number of hydrogen-bond donors (Lipinski definition) is 2. The van der Waals surface area contributed by atoms with E-state index in [1.807, 2.05) is 0 Å². The number of benzene rings is 2. The van der Waals surface area contributed by atoms with Gasteiger partial charge in [-0.3, -0.25) is 4.79 Å². The molecule has 0 aliphatic heterocycles. The quantitative estimate of drug-likeness (QED) is 0.898. The molecule has 0 aliphatic rings. The number of carbonyl (C=O) groups excluding carboxylic acids is 1. The predicted octanol–water partition coefficient (Wildman–Crippen LogP) is 3.55. The third-order valence-corrected chi connectivity index (χ3v) is 3.11. The van der Waals surface area contributed by atoms with Crippen molar-refractivity contribution in [3.63, 3.8) is 0 Å². The second-order valence-corrected chi connectivity index (χ2v) is 4.88. The van der Waals surface area contributed by atoms with Crippen LogP contribution in [0.15, 0.2) is 40.9 Å². The molecule has 1 amide bonds. The smallest absolute Gasteiger partial charge is 0.259 e. The highest BCUT2D eigenvalue weighted by Crippen LogP contribution is 2.27. The van der Waals surface area contributed by atoms with Crippen molar-refractivity contribution in [1.82, 2.24) is 0 Å². The van der Waals surface area contributed by atoms with Crippen molar-refractivity contribution < 1.29 is 19.0 Å². The van der Waals surface area contributed by atoms with Crippen LogP contribution in [-0.2, 0) is 0 Å². The Morgan fingerprint density at radius 3 is 2.75 bits per heavy atom. The summed E-state index contributed by atoms with van der Waals surface area (Å²) in [6, 6.07) is 8.27. The fourth-order valence-corrected chi connectivity index (χ4v) is 2.01. The number of halogens is 2. The number of rotatable bonds is 3. The van der Waals surface area contributed by atoms with Gasteiger partial charge in [0.1, 0.15) is 17.3 Å². The minimum Gasteiger partial charge on any atom is -0.507 e. The van der Waals surface area contributed by atoms with E-state index in [0.29, 0.717) is 10.2 Å². The number of hydrogen-bond acceptors (Lipinski definition) is 3. The number of methoxy groups -OCH3 is 1. The van der Waals surface area contributed by atoms with Crippen LogP contribution >= 0.6 is 15.9 Å². The van der Waals surface area contributed by atoms with Gasteiger partial charge in [-0.2, -0.15) is 0 Å². The molecule has 0 unspecified atom stereocenters. The summed E-state index contributed by atoms with van der Waals surface area (Å²) in [5.74, 6) is -0.932. The van der Waals surface area contributed by atoms with Gasteiger partial charge in [-0.15, -0.1) is 0 Å². The van der Waals surface area contributed by atoms with Gasteiger partial charge in [0, 0.05) is 10.5 Å². The number of phenols is 1. The minimum absolute atomic E-state index is 0.103. The van der Waals surface area contributed by atoms with Crippen molar-refractivity contribution in [1.29, 1.82) is 0 Å². The molecule has 0 bridgehead atoms. The Labute approximate surface area is 123 Å². The molecule has 2 rings (SSSR count). The first-order chi connectivity index (χ1) is 9.51. The van der Waals surface area contributed by atoms with Crippen LogP contribution in [0, 0.1) is 5.82 Å². The zero-order chi connectivity index (χ0) is 14.7. The Bertz CT molecular complexity index is 661. The lowest BCUT2D eigenvalue weighted by molar-refractivity contribution is 0.102. The molecule has 0 aliphatic carbocycles. The SMILES string of the molecule is COc1cc(F)ccc1NC(=O)c1cc(Br)ccc1O. The molecule has 0 spiro atoms. The maximum absolute atomic E-state index is 13.1. The van der Waals surface area contributed by atoms with Crippen LogP contribution in [-0.4, -0.2) is 18.1 Å². The maximum Gasteiger partial charge on any atom is 0.259 e. The van der Waals surface area contributed by atoms with Crippen LogP contribution < -0.4 is 10.1 Å². The number of nitrogens with one attached hydrogen (secondary N) is 1. The molecule has 0 atom stereocenters. The fourth-order valence-electron chi connectivity index (χ4n) is 1.65. The molecule has 6 heteroatoms. The van der Waals surface area contributed by atoms with Crippen molar-refractivity contribution in [2.75, 3.05) is 12.4 Å². The van der Waals surface area contributed by atoms with Crippen molar-refractivity contribution in [3.8, 4) is 11.5 Å². The maximum atomic E-state index is 13.1.